The molecule has 0 heterocycles. The molecule has 2 N–H and O–H groups in total. The summed E-state index contributed by atoms with van der Waals surface area (Å²) in [6.07, 6.45) is 1.91. The number of non-ortho nitro benzene ring substituents is 1. The minimum Gasteiger partial charge on any atom is -0.402 e. The Bertz CT molecular complexity index is 518. The predicted octanol–water partition coefficient (Wildman–Crippen LogP) is 2.82. The van der Waals surface area contributed by atoms with Gasteiger partial charge in [-0.2, -0.15) is 0 Å². The van der Waals surface area contributed by atoms with Crippen LogP contribution >= 0.6 is 0 Å². The summed E-state index contributed by atoms with van der Waals surface area (Å²) in [5.74, 6) is 0.178. The smallest absolute Gasteiger partial charge is 0.269 e. The third-order valence-electron chi connectivity index (χ3n) is 3.85. The number of nitrogens with two attached hydrogens (primary N) is 1. The monoisotopic (exact) mass is 232 g/mol. The van der Waals surface area contributed by atoms with E-state index < -0.39 is 0 Å². The van der Waals surface area contributed by atoms with Crippen LogP contribution < -0.4 is 5.73 Å². The first-order chi connectivity index (χ1) is 7.84. The van der Waals surface area contributed by atoms with Crippen molar-refractivity contribution in [1.82, 2.24) is 0 Å². The van der Waals surface area contributed by atoms with Crippen molar-refractivity contribution in [2.24, 2.45) is 11.7 Å². The number of rotatable bonds is 1. The molecule has 0 aromatic heterocycles. The van der Waals surface area contributed by atoms with Gasteiger partial charge in [-0.25, -0.2) is 0 Å². The number of benzene rings is 1. The van der Waals surface area contributed by atoms with Gasteiger partial charge in [0, 0.05) is 23.7 Å². The van der Waals surface area contributed by atoms with Crippen molar-refractivity contribution in [2.45, 2.75) is 26.2 Å². The van der Waals surface area contributed by atoms with Crippen LogP contribution in [-0.2, 0) is 5.41 Å². The van der Waals surface area contributed by atoms with E-state index in [0.717, 1.165) is 16.8 Å². The molecule has 90 valence electrons. The molecule has 2 rings (SSSR count). The lowest BCUT2D eigenvalue weighted by molar-refractivity contribution is -0.385. The molecule has 1 aliphatic rings. The fourth-order valence-corrected chi connectivity index (χ4v) is 2.30. The molecule has 4 heteroatoms. The van der Waals surface area contributed by atoms with Gasteiger partial charge in [-0.1, -0.05) is 20.8 Å². The van der Waals surface area contributed by atoms with Crippen LogP contribution in [0.3, 0.4) is 0 Å². The molecule has 0 amide bonds. The summed E-state index contributed by atoms with van der Waals surface area (Å²) in [5, 5.41) is 10.8. The van der Waals surface area contributed by atoms with Crippen molar-refractivity contribution >= 4 is 11.8 Å². The van der Waals surface area contributed by atoms with E-state index in [1.54, 1.807) is 12.1 Å². The van der Waals surface area contributed by atoms with Crippen molar-refractivity contribution < 1.29 is 4.92 Å². The highest BCUT2D eigenvalue weighted by molar-refractivity contribution is 5.64. The summed E-state index contributed by atoms with van der Waals surface area (Å²) < 4.78 is 0. The predicted molar refractivity (Wildman–Crippen MR) is 67.5 cm³/mol. The zero-order chi connectivity index (χ0) is 12.8. The summed E-state index contributed by atoms with van der Waals surface area (Å²) in [7, 11) is 0. The fourth-order valence-electron chi connectivity index (χ4n) is 2.30. The Morgan fingerprint density at radius 3 is 2.65 bits per heavy atom. The summed E-state index contributed by atoms with van der Waals surface area (Å²) in [6, 6.07) is 4.96. The van der Waals surface area contributed by atoms with Crippen LogP contribution in [-0.4, -0.2) is 4.92 Å². The van der Waals surface area contributed by atoms with Gasteiger partial charge in [-0.15, -0.1) is 0 Å². The molecule has 17 heavy (non-hydrogen) atoms. The van der Waals surface area contributed by atoms with Crippen LogP contribution in [0.2, 0.25) is 0 Å². The van der Waals surface area contributed by atoms with Gasteiger partial charge in [0.15, 0.2) is 0 Å². The van der Waals surface area contributed by atoms with Crippen molar-refractivity contribution in [3.8, 4) is 0 Å². The van der Waals surface area contributed by atoms with Gasteiger partial charge >= 0.3 is 0 Å². The fraction of sp³-hybridized carbons (Fsp3) is 0.385. The van der Waals surface area contributed by atoms with Crippen LogP contribution in [0.4, 0.5) is 5.69 Å². The number of fused-ring (bicyclic) bond motifs is 1. The van der Waals surface area contributed by atoms with E-state index in [1.807, 2.05) is 13.0 Å². The zero-order valence-corrected chi connectivity index (χ0v) is 10.2. The molecule has 0 aliphatic heterocycles. The Labute approximate surface area is 100 Å². The van der Waals surface area contributed by atoms with E-state index in [0.29, 0.717) is 0 Å². The van der Waals surface area contributed by atoms with Crippen LogP contribution in [0.15, 0.2) is 23.9 Å². The van der Waals surface area contributed by atoms with E-state index in [2.05, 4.69) is 13.8 Å². The van der Waals surface area contributed by atoms with Gasteiger partial charge in [0.05, 0.1) is 4.92 Å². The lowest BCUT2D eigenvalue weighted by atomic mass is 9.68. The molecule has 0 radical (unpaired) electrons. The minimum absolute atomic E-state index is 0.137. The molecule has 0 fully saturated rings. The van der Waals surface area contributed by atoms with Gasteiger partial charge < -0.3 is 5.73 Å². The lowest BCUT2D eigenvalue weighted by Gasteiger charge is -2.37. The quantitative estimate of drug-likeness (QED) is 0.598. The number of nitrogens with zero attached hydrogens (tertiary/aromatic N) is 1. The average Bonchev–Trinajstić information content (AvgIpc) is 2.26. The number of hydrogen-bond acceptors (Lipinski definition) is 3. The maximum atomic E-state index is 10.8. The summed E-state index contributed by atoms with van der Waals surface area (Å²) >= 11 is 0. The van der Waals surface area contributed by atoms with Crippen LogP contribution in [0.25, 0.3) is 6.08 Å². The molecule has 1 aromatic carbocycles. The highest BCUT2D eigenvalue weighted by Gasteiger charge is 2.35. The highest BCUT2D eigenvalue weighted by Crippen LogP contribution is 2.42. The van der Waals surface area contributed by atoms with Crippen molar-refractivity contribution in [1.29, 1.82) is 0 Å². The molecule has 0 spiro atoms. The molecule has 1 unspecified atom stereocenters. The maximum absolute atomic E-state index is 10.8. The number of nitro groups is 1. The molecule has 0 saturated carbocycles. The second kappa shape index (κ2) is 3.58. The minimum atomic E-state index is -0.358. The molecule has 1 atom stereocenters. The second-order valence-electron chi connectivity index (χ2n) is 5.12. The van der Waals surface area contributed by atoms with Gasteiger partial charge in [-0.05, 0) is 28.7 Å². The van der Waals surface area contributed by atoms with Gasteiger partial charge in [-0.3, -0.25) is 10.1 Å². The Hall–Kier alpha value is -1.84. The third-order valence-corrected chi connectivity index (χ3v) is 3.85. The van der Waals surface area contributed by atoms with E-state index in [-0.39, 0.29) is 21.9 Å². The summed E-state index contributed by atoms with van der Waals surface area (Å²) in [6.45, 7) is 6.19. The Balaban J connectivity index is 2.65. The zero-order valence-electron chi connectivity index (χ0n) is 10.2. The van der Waals surface area contributed by atoms with E-state index in [1.165, 1.54) is 6.07 Å². The Morgan fingerprint density at radius 1 is 1.41 bits per heavy atom. The van der Waals surface area contributed by atoms with E-state index in [4.69, 9.17) is 5.73 Å². The molecule has 0 bridgehead atoms. The average molecular weight is 232 g/mol. The SMILES string of the molecule is CC1C(N)=Cc2ccc([N+](=O)[O-])cc2C1(C)C. The highest BCUT2D eigenvalue weighted by atomic mass is 16.6. The second-order valence-corrected chi connectivity index (χ2v) is 5.12. The summed E-state index contributed by atoms with van der Waals surface area (Å²) in [4.78, 5) is 10.5. The first-order valence-corrected chi connectivity index (χ1v) is 5.60. The van der Waals surface area contributed by atoms with E-state index in [9.17, 15) is 10.1 Å². The van der Waals surface area contributed by atoms with Gasteiger partial charge in [0.2, 0.25) is 0 Å². The van der Waals surface area contributed by atoms with Gasteiger partial charge in [0.25, 0.3) is 5.69 Å². The van der Waals surface area contributed by atoms with Gasteiger partial charge in [0.1, 0.15) is 0 Å². The number of allylic oxidation sites excluding steroid dienone is 1. The number of hydrogen-bond donors (Lipinski definition) is 1. The third kappa shape index (κ3) is 1.69. The largest absolute Gasteiger partial charge is 0.402 e. The topological polar surface area (TPSA) is 69.2 Å². The molecule has 4 nitrogen and oxygen atoms in total. The van der Waals surface area contributed by atoms with Crippen LogP contribution in [0.5, 0.6) is 0 Å². The Kier molecular flexibility index (Phi) is 2.45. The standard InChI is InChI=1S/C13H16N2O2/c1-8-12(14)6-9-4-5-10(15(16)17)7-11(9)13(8,2)3/h4-8H,14H2,1-3H3. The molecule has 0 saturated heterocycles. The first kappa shape index (κ1) is 11.6. The molecule has 1 aliphatic carbocycles. The Morgan fingerprint density at radius 2 is 2.06 bits per heavy atom. The molecular weight excluding hydrogens is 216 g/mol. The van der Waals surface area contributed by atoms with Crippen molar-refractivity contribution in [3.63, 3.8) is 0 Å². The molecular formula is C13H16N2O2. The van der Waals surface area contributed by atoms with Crippen LogP contribution in [0.1, 0.15) is 31.9 Å². The normalized spacial score (nSPS) is 21.6. The molecule has 1 aromatic rings. The summed E-state index contributed by atoms with van der Waals surface area (Å²) in [5.41, 5.74) is 8.76. The maximum Gasteiger partial charge on any atom is 0.269 e. The first-order valence-electron chi connectivity index (χ1n) is 5.60. The van der Waals surface area contributed by atoms with Crippen LogP contribution in [0, 0.1) is 16.0 Å². The van der Waals surface area contributed by atoms with E-state index >= 15 is 0 Å². The van der Waals surface area contributed by atoms with Crippen molar-refractivity contribution in [2.75, 3.05) is 0 Å². The lowest BCUT2D eigenvalue weighted by Crippen LogP contribution is -2.34. The number of nitro benzene ring substituents is 1. The van der Waals surface area contributed by atoms with Crippen molar-refractivity contribution in [3.05, 3.63) is 45.1 Å².